The number of rotatable bonds is 7. The van der Waals surface area contributed by atoms with Crippen LogP contribution in [0, 0.1) is 34.5 Å². The standard InChI is InChI=1S/C23H42O3/c1-4-5-6-8-16-15-17-18-9-10-20(25)22(18,2)13-11-19(17)23(3,21(16)26)12-7-14-24/h16-21,24-26H,4-15H2,1-3H3. The first-order valence-corrected chi connectivity index (χ1v) is 11.4. The van der Waals surface area contributed by atoms with Crippen molar-refractivity contribution in [3.8, 4) is 0 Å². The molecule has 3 fully saturated rings. The van der Waals surface area contributed by atoms with Crippen molar-refractivity contribution in [3.05, 3.63) is 0 Å². The van der Waals surface area contributed by atoms with Gasteiger partial charge < -0.3 is 15.3 Å². The molecule has 0 radical (unpaired) electrons. The van der Waals surface area contributed by atoms with Crippen LogP contribution < -0.4 is 0 Å². The maximum Gasteiger partial charge on any atom is 0.0624 e. The molecule has 0 bridgehead atoms. The number of unbranched alkanes of at least 4 members (excludes halogenated alkanes) is 2. The minimum atomic E-state index is -0.233. The van der Waals surface area contributed by atoms with Gasteiger partial charge >= 0.3 is 0 Å². The van der Waals surface area contributed by atoms with Crippen LogP contribution in [0.1, 0.15) is 91.4 Å². The fourth-order valence-corrected chi connectivity index (χ4v) is 7.37. The molecular weight excluding hydrogens is 324 g/mol. The van der Waals surface area contributed by atoms with Crippen LogP contribution in [-0.2, 0) is 0 Å². The van der Waals surface area contributed by atoms with Crippen molar-refractivity contribution in [3.63, 3.8) is 0 Å². The van der Waals surface area contributed by atoms with E-state index < -0.39 is 0 Å². The van der Waals surface area contributed by atoms with Crippen LogP contribution in [0.25, 0.3) is 0 Å². The van der Waals surface area contributed by atoms with E-state index in [1.807, 2.05) is 0 Å². The molecule has 0 spiro atoms. The predicted octanol–water partition coefficient (Wildman–Crippen LogP) is 4.53. The van der Waals surface area contributed by atoms with Crippen molar-refractivity contribution in [1.82, 2.24) is 0 Å². The summed E-state index contributed by atoms with van der Waals surface area (Å²) in [5, 5.41) is 31.5. The summed E-state index contributed by atoms with van der Waals surface area (Å²) in [5.74, 6) is 2.21. The third-order valence-corrected chi connectivity index (χ3v) is 8.98. The molecule has 8 atom stereocenters. The van der Waals surface area contributed by atoms with Gasteiger partial charge in [0.1, 0.15) is 0 Å². The second-order valence-corrected chi connectivity index (χ2v) is 10.3. The van der Waals surface area contributed by atoms with Crippen molar-refractivity contribution in [2.24, 2.45) is 34.5 Å². The van der Waals surface area contributed by atoms with E-state index in [-0.39, 0.29) is 29.6 Å². The first kappa shape index (κ1) is 20.6. The molecule has 3 aliphatic carbocycles. The van der Waals surface area contributed by atoms with E-state index in [2.05, 4.69) is 20.8 Å². The summed E-state index contributed by atoms with van der Waals surface area (Å²) in [5.41, 5.74) is 0.0206. The highest BCUT2D eigenvalue weighted by Gasteiger charge is 2.60. The largest absolute Gasteiger partial charge is 0.396 e. The third-order valence-electron chi connectivity index (χ3n) is 8.98. The van der Waals surface area contributed by atoms with Crippen LogP contribution in [-0.4, -0.2) is 34.1 Å². The van der Waals surface area contributed by atoms with E-state index in [0.717, 1.165) is 51.4 Å². The summed E-state index contributed by atoms with van der Waals surface area (Å²) in [6.07, 6.45) is 11.7. The maximum absolute atomic E-state index is 11.4. The summed E-state index contributed by atoms with van der Waals surface area (Å²) in [4.78, 5) is 0. The highest BCUT2D eigenvalue weighted by atomic mass is 16.3. The Hall–Kier alpha value is -0.120. The lowest BCUT2D eigenvalue weighted by Crippen LogP contribution is -2.57. The van der Waals surface area contributed by atoms with Crippen molar-refractivity contribution < 1.29 is 15.3 Å². The van der Waals surface area contributed by atoms with Crippen molar-refractivity contribution in [1.29, 1.82) is 0 Å². The summed E-state index contributed by atoms with van der Waals surface area (Å²) >= 11 is 0. The van der Waals surface area contributed by atoms with E-state index in [0.29, 0.717) is 23.7 Å². The molecule has 3 aliphatic rings. The molecule has 0 amide bonds. The number of aliphatic hydroxyl groups excluding tert-OH is 3. The summed E-state index contributed by atoms with van der Waals surface area (Å²) in [6, 6.07) is 0. The van der Waals surface area contributed by atoms with Crippen LogP contribution >= 0.6 is 0 Å². The molecule has 3 rings (SSSR count). The number of hydrogen-bond donors (Lipinski definition) is 3. The Balaban J connectivity index is 1.85. The van der Waals surface area contributed by atoms with Gasteiger partial charge in [0.25, 0.3) is 0 Å². The van der Waals surface area contributed by atoms with Gasteiger partial charge in [0, 0.05) is 6.61 Å². The number of hydrogen-bond acceptors (Lipinski definition) is 3. The molecule has 0 aromatic rings. The lowest BCUT2D eigenvalue weighted by Gasteiger charge is -2.60. The van der Waals surface area contributed by atoms with Crippen LogP contribution in [0.4, 0.5) is 0 Å². The molecule has 26 heavy (non-hydrogen) atoms. The summed E-state index contributed by atoms with van der Waals surface area (Å²) < 4.78 is 0. The second kappa shape index (κ2) is 8.09. The Morgan fingerprint density at radius 1 is 0.962 bits per heavy atom. The topological polar surface area (TPSA) is 60.7 Å². The smallest absolute Gasteiger partial charge is 0.0624 e. The Bertz CT molecular complexity index is 466. The van der Waals surface area contributed by atoms with Gasteiger partial charge in [0.05, 0.1) is 12.2 Å². The van der Waals surface area contributed by atoms with Crippen LogP contribution in [0.15, 0.2) is 0 Å². The van der Waals surface area contributed by atoms with E-state index in [1.165, 1.54) is 19.3 Å². The molecule has 8 unspecified atom stereocenters. The van der Waals surface area contributed by atoms with E-state index in [9.17, 15) is 15.3 Å². The zero-order valence-corrected chi connectivity index (χ0v) is 17.3. The molecule has 3 heteroatoms. The van der Waals surface area contributed by atoms with Crippen LogP contribution in [0.2, 0.25) is 0 Å². The minimum absolute atomic E-state index is 0.0720. The van der Waals surface area contributed by atoms with Gasteiger partial charge in [-0.25, -0.2) is 0 Å². The molecule has 0 aliphatic heterocycles. The number of aliphatic hydroxyl groups is 3. The quantitative estimate of drug-likeness (QED) is 0.580. The molecule has 0 aromatic carbocycles. The van der Waals surface area contributed by atoms with Gasteiger partial charge in [0.15, 0.2) is 0 Å². The van der Waals surface area contributed by atoms with E-state index >= 15 is 0 Å². The van der Waals surface area contributed by atoms with Crippen molar-refractivity contribution in [2.75, 3.05) is 6.61 Å². The maximum atomic E-state index is 11.4. The molecular formula is C23H42O3. The van der Waals surface area contributed by atoms with Crippen LogP contribution in [0.3, 0.4) is 0 Å². The Labute approximate surface area is 160 Å². The zero-order chi connectivity index (χ0) is 18.9. The average Bonchev–Trinajstić information content (AvgIpc) is 2.93. The average molecular weight is 367 g/mol. The Morgan fingerprint density at radius 3 is 2.42 bits per heavy atom. The Morgan fingerprint density at radius 2 is 1.73 bits per heavy atom. The lowest BCUT2D eigenvalue weighted by atomic mass is 9.46. The molecule has 0 heterocycles. The van der Waals surface area contributed by atoms with E-state index in [1.54, 1.807) is 0 Å². The molecule has 152 valence electrons. The molecule has 3 N–H and O–H groups in total. The minimum Gasteiger partial charge on any atom is -0.396 e. The van der Waals surface area contributed by atoms with Gasteiger partial charge in [0.2, 0.25) is 0 Å². The van der Waals surface area contributed by atoms with Gasteiger partial charge in [-0.3, -0.25) is 0 Å². The fourth-order valence-electron chi connectivity index (χ4n) is 7.37. The normalized spacial score (nSPS) is 48.2. The highest BCUT2D eigenvalue weighted by Crippen LogP contribution is 2.64. The second-order valence-electron chi connectivity index (χ2n) is 10.3. The Kier molecular flexibility index (Phi) is 6.41. The predicted molar refractivity (Wildman–Crippen MR) is 106 cm³/mol. The first-order chi connectivity index (χ1) is 12.4. The van der Waals surface area contributed by atoms with Crippen LogP contribution in [0.5, 0.6) is 0 Å². The summed E-state index contributed by atoms with van der Waals surface area (Å²) in [6.45, 7) is 7.10. The van der Waals surface area contributed by atoms with Gasteiger partial charge in [-0.2, -0.15) is 0 Å². The highest BCUT2D eigenvalue weighted by molar-refractivity contribution is 5.10. The molecule has 0 saturated heterocycles. The van der Waals surface area contributed by atoms with Crippen molar-refractivity contribution >= 4 is 0 Å². The SMILES string of the molecule is CCCCCC1CC2C3CCC(O)C3(C)CCC2C(C)(CCCO)C1O. The van der Waals surface area contributed by atoms with Gasteiger partial charge in [-0.1, -0.05) is 40.0 Å². The molecule has 3 nitrogen and oxygen atoms in total. The first-order valence-electron chi connectivity index (χ1n) is 11.4. The lowest BCUT2D eigenvalue weighted by molar-refractivity contribution is -0.163. The number of fused-ring (bicyclic) bond motifs is 3. The van der Waals surface area contributed by atoms with E-state index in [4.69, 9.17) is 0 Å². The monoisotopic (exact) mass is 366 g/mol. The molecule has 0 aromatic heterocycles. The van der Waals surface area contributed by atoms with Gasteiger partial charge in [-0.05, 0) is 85.9 Å². The zero-order valence-electron chi connectivity index (χ0n) is 17.3. The van der Waals surface area contributed by atoms with Crippen molar-refractivity contribution in [2.45, 2.75) is 104 Å². The molecule has 3 saturated carbocycles. The fraction of sp³-hybridized carbons (Fsp3) is 1.00. The third kappa shape index (κ3) is 3.37. The summed E-state index contributed by atoms with van der Waals surface area (Å²) in [7, 11) is 0. The van der Waals surface area contributed by atoms with Gasteiger partial charge in [-0.15, -0.1) is 0 Å².